The minimum atomic E-state index is -0.575. The van der Waals surface area contributed by atoms with Crippen molar-refractivity contribution >= 4 is 35.8 Å². The third-order valence-corrected chi connectivity index (χ3v) is 5.15. The van der Waals surface area contributed by atoms with Gasteiger partial charge in [-0.25, -0.2) is 0 Å². The lowest BCUT2D eigenvalue weighted by atomic mass is 9.56. The van der Waals surface area contributed by atoms with Crippen LogP contribution in [0.1, 0.15) is 43.5 Å². The SMILES string of the molecule is CN=C(NCc1ccc(C(N)=O)o1)NC1CC(C)(OC)C1(C)C.I. The normalized spacial score (nSPS) is 25.4. The number of aliphatic imine (C=N–C) groups is 1. The van der Waals surface area contributed by atoms with E-state index in [0.717, 1.165) is 6.42 Å². The lowest BCUT2D eigenvalue weighted by Gasteiger charge is -2.59. The van der Waals surface area contributed by atoms with E-state index in [1.165, 1.54) is 0 Å². The molecule has 1 heterocycles. The molecule has 4 N–H and O–H groups in total. The molecule has 1 aromatic rings. The summed E-state index contributed by atoms with van der Waals surface area (Å²) >= 11 is 0. The molecule has 0 radical (unpaired) electrons. The number of furan rings is 1. The maximum absolute atomic E-state index is 11.0. The highest BCUT2D eigenvalue weighted by atomic mass is 127. The Kier molecular flexibility index (Phi) is 6.68. The molecule has 1 fully saturated rings. The highest BCUT2D eigenvalue weighted by molar-refractivity contribution is 14.0. The first-order chi connectivity index (χ1) is 10.7. The zero-order valence-electron chi connectivity index (χ0n) is 14.8. The van der Waals surface area contributed by atoms with E-state index in [1.807, 2.05) is 0 Å². The van der Waals surface area contributed by atoms with Gasteiger partial charge in [-0.15, -0.1) is 24.0 Å². The van der Waals surface area contributed by atoms with E-state index in [2.05, 4.69) is 36.4 Å². The molecule has 1 aromatic heterocycles. The fourth-order valence-electron chi connectivity index (χ4n) is 2.86. The van der Waals surface area contributed by atoms with E-state index in [4.69, 9.17) is 14.9 Å². The summed E-state index contributed by atoms with van der Waals surface area (Å²) in [5, 5.41) is 6.58. The number of rotatable bonds is 5. The number of nitrogens with two attached hydrogens (primary N) is 1. The Morgan fingerprint density at radius 3 is 2.58 bits per heavy atom. The van der Waals surface area contributed by atoms with Crippen molar-refractivity contribution in [3.05, 3.63) is 23.7 Å². The van der Waals surface area contributed by atoms with Gasteiger partial charge in [0.15, 0.2) is 11.7 Å². The van der Waals surface area contributed by atoms with Gasteiger partial charge in [0.1, 0.15) is 5.76 Å². The van der Waals surface area contributed by atoms with Crippen LogP contribution >= 0.6 is 24.0 Å². The highest BCUT2D eigenvalue weighted by Crippen LogP contribution is 2.51. The zero-order valence-corrected chi connectivity index (χ0v) is 17.1. The average Bonchev–Trinajstić information content (AvgIpc) is 2.99. The molecule has 1 aliphatic rings. The number of carbonyl (C=O) groups is 1. The first-order valence-electron chi connectivity index (χ1n) is 7.64. The van der Waals surface area contributed by atoms with Gasteiger partial charge < -0.3 is 25.5 Å². The molecule has 2 rings (SSSR count). The average molecular weight is 450 g/mol. The van der Waals surface area contributed by atoms with Crippen molar-refractivity contribution in [3.8, 4) is 0 Å². The molecule has 0 saturated heterocycles. The van der Waals surface area contributed by atoms with Crippen LogP contribution in [0.2, 0.25) is 0 Å². The van der Waals surface area contributed by atoms with Gasteiger partial charge in [0.2, 0.25) is 0 Å². The second kappa shape index (κ2) is 7.73. The Morgan fingerprint density at radius 1 is 1.46 bits per heavy atom. The van der Waals surface area contributed by atoms with E-state index < -0.39 is 5.91 Å². The number of methoxy groups -OCH3 is 1. The highest BCUT2D eigenvalue weighted by Gasteiger charge is 2.58. The number of hydrogen-bond donors (Lipinski definition) is 3. The van der Waals surface area contributed by atoms with Gasteiger partial charge in [0.25, 0.3) is 5.91 Å². The molecule has 0 aromatic carbocycles. The van der Waals surface area contributed by atoms with E-state index in [1.54, 1.807) is 26.3 Å². The van der Waals surface area contributed by atoms with Gasteiger partial charge in [-0.1, -0.05) is 13.8 Å². The van der Waals surface area contributed by atoms with E-state index >= 15 is 0 Å². The Balaban J connectivity index is 0.00000288. The van der Waals surface area contributed by atoms with Crippen LogP contribution in [0.5, 0.6) is 0 Å². The minimum absolute atomic E-state index is 0. The smallest absolute Gasteiger partial charge is 0.284 e. The van der Waals surface area contributed by atoms with Crippen molar-refractivity contribution < 1.29 is 13.9 Å². The largest absolute Gasteiger partial charge is 0.454 e. The van der Waals surface area contributed by atoms with Crippen LogP contribution in [0.4, 0.5) is 0 Å². The fourth-order valence-corrected chi connectivity index (χ4v) is 2.86. The van der Waals surface area contributed by atoms with Crippen LogP contribution in [0.3, 0.4) is 0 Å². The van der Waals surface area contributed by atoms with Crippen LogP contribution < -0.4 is 16.4 Å². The lowest BCUT2D eigenvalue weighted by molar-refractivity contribution is -0.176. The third kappa shape index (κ3) is 3.85. The van der Waals surface area contributed by atoms with E-state index in [-0.39, 0.29) is 46.8 Å². The van der Waals surface area contributed by atoms with Crippen LogP contribution in [0.15, 0.2) is 21.5 Å². The molecule has 24 heavy (non-hydrogen) atoms. The molecule has 1 saturated carbocycles. The number of hydrogen-bond acceptors (Lipinski definition) is 4. The Hall–Kier alpha value is -1.29. The second-order valence-electron chi connectivity index (χ2n) is 6.61. The summed E-state index contributed by atoms with van der Waals surface area (Å²) in [5.41, 5.74) is 5.02. The number of guanidine groups is 1. The Labute approximate surface area is 159 Å². The number of halogens is 1. The van der Waals surface area contributed by atoms with Crippen molar-refractivity contribution in [2.75, 3.05) is 14.2 Å². The van der Waals surface area contributed by atoms with Crippen LogP contribution in [-0.2, 0) is 11.3 Å². The first-order valence-corrected chi connectivity index (χ1v) is 7.64. The van der Waals surface area contributed by atoms with E-state index in [9.17, 15) is 4.79 Å². The summed E-state index contributed by atoms with van der Waals surface area (Å²) in [6.07, 6.45) is 0.907. The molecule has 136 valence electrons. The topological polar surface area (TPSA) is 102 Å². The monoisotopic (exact) mass is 450 g/mol. The lowest BCUT2D eigenvalue weighted by Crippen LogP contribution is -2.69. The Morgan fingerprint density at radius 2 is 2.12 bits per heavy atom. The molecule has 2 atom stereocenters. The number of amides is 1. The summed E-state index contributed by atoms with van der Waals surface area (Å²) in [5.74, 6) is 0.879. The van der Waals surface area contributed by atoms with Gasteiger partial charge >= 0.3 is 0 Å². The molecule has 1 amide bonds. The number of ether oxygens (including phenoxy) is 1. The van der Waals surface area contributed by atoms with Crippen molar-refractivity contribution in [2.24, 2.45) is 16.1 Å². The number of carbonyl (C=O) groups excluding carboxylic acids is 1. The predicted molar refractivity (Wildman–Crippen MR) is 104 cm³/mol. The van der Waals surface area contributed by atoms with Gasteiger partial charge in [-0.05, 0) is 25.5 Å². The maximum atomic E-state index is 11.0. The zero-order chi connectivity index (χ0) is 17.3. The summed E-state index contributed by atoms with van der Waals surface area (Å²) in [4.78, 5) is 15.2. The number of primary amides is 1. The fraction of sp³-hybridized carbons (Fsp3) is 0.625. The van der Waals surface area contributed by atoms with Gasteiger partial charge in [-0.2, -0.15) is 0 Å². The van der Waals surface area contributed by atoms with Crippen LogP contribution in [0.25, 0.3) is 0 Å². The molecule has 7 nitrogen and oxygen atoms in total. The van der Waals surface area contributed by atoms with Crippen molar-refractivity contribution in [3.63, 3.8) is 0 Å². The summed E-state index contributed by atoms with van der Waals surface area (Å²) in [6, 6.07) is 3.54. The number of nitrogens with one attached hydrogen (secondary N) is 2. The minimum Gasteiger partial charge on any atom is -0.454 e. The molecule has 1 aliphatic carbocycles. The molecular formula is C16H27IN4O3. The predicted octanol–water partition coefficient (Wildman–Crippen LogP) is 1.87. The van der Waals surface area contributed by atoms with Gasteiger partial charge in [0, 0.05) is 25.6 Å². The van der Waals surface area contributed by atoms with Crippen molar-refractivity contribution in [1.29, 1.82) is 0 Å². The maximum Gasteiger partial charge on any atom is 0.284 e. The summed E-state index contributed by atoms with van der Waals surface area (Å²) in [6.45, 7) is 6.89. The quantitative estimate of drug-likeness (QED) is 0.361. The Bertz CT molecular complexity index is 614. The second-order valence-corrected chi connectivity index (χ2v) is 6.61. The molecule has 0 bridgehead atoms. The van der Waals surface area contributed by atoms with Gasteiger partial charge in [0.05, 0.1) is 12.1 Å². The van der Waals surface area contributed by atoms with E-state index in [0.29, 0.717) is 18.3 Å². The molecule has 8 heteroatoms. The summed E-state index contributed by atoms with van der Waals surface area (Å²) < 4.78 is 11.0. The molecular weight excluding hydrogens is 423 g/mol. The van der Waals surface area contributed by atoms with Crippen molar-refractivity contribution in [1.82, 2.24) is 10.6 Å². The van der Waals surface area contributed by atoms with Crippen molar-refractivity contribution in [2.45, 2.75) is 45.4 Å². The molecule has 2 unspecified atom stereocenters. The molecule has 0 aliphatic heterocycles. The van der Waals surface area contributed by atoms with Gasteiger partial charge in [-0.3, -0.25) is 9.79 Å². The summed E-state index contributed by atoms with van der Waals surface area (Å²) in [7, 11) is 3.46. The molecule has 0 spiro atoms. The number of nitrogens with zero attached hydrogens (tertiary/aromatic N) is 1. The third-order valence-electron chi connectivity index (χ3n) is 5.15. The standard InChI is InChI=1S/C16H26N4O3.HI/c1-15(2)12(8-16(15,3)22-5)20-14(18-4)19-9-10-6-7-11(23-10)13(17)21;/h6-7,12H,8-9H2,1-5H3,(H2,17,21)(H2,18,19,20);1H. The first kappa shape index (κ1) is 20.8. The van der Waals surface area contributed by atoms with Crippen LogP contribution in [0, 0.1) is 5.41 Å². The van der Waals surface area contributed by atoms with Crippen LogP contribution in [-0.4, -0.2) is 37.7 Å².